The number of rotatable bonds is 2. The molecule has 0 unspecified atom stereocenters. The summed E-state index contributed by atoms with van der Waals surface area (Å²) in [5, 5.41) is 2.30. The number of benzene rings is 1. The van der Waals surface area contributed by atoms with E-state index in [0.717, 1.165) is 40.2 Å². The molecule has 4 rings (SSSR count). The Balaban J connectivity index is 2.05. The van der Waals surface area contributed by atoms with E-state index in [2.05, 4.69) is 22.1 Å². The van der Waals surface area contributed by atoms with Gasteiger partial charge in [-0.05, 0) is 30.4 Å². The lowest BCUT2D eigenvalue weighted by molar-refractivity contribution is 0.0592. The number of para-hydroxylation sites is 1. The summed E-state index contributed by atoms with van der Waals surface area (Å²) in [7, 11) is 1.42. The van der Waals surface area contributed by atoms with Gasteiger partial charge in [-0.15, -0.1) is 0 Å². The Morgan fingerprint density at radius 1 is 1.17 bits per heavy atom. The maximum absolute atomic E-state index is 12.3. The van der Waals surface area contributed by atoms with Gasteiger partial charge in [-0.2, -0.15) is 0 Å². The first-order valence-corrected chi connectivity index (χ1v) is 8.27. The van der Waals surface area contributed by atoms with Crippen LogP contribution in [-0.2, 0) is 4.74 Å². The van der Waals surface area contributed by atoms with Crippen LogP contribution in [0.15, 0.2) is 30.5 Å². The third-order valence-corrected chi connectivity index (χ3v) is 4.97. The van der Waals surface area contributed by atoms with Crippen molar-refractivity contribution >= 4 is 27.8 Å². The van der Waals surface area contributed by atoms with Crippen LogP contribution in [0.1, 0.15) is 54.1 Å². The average molecular weight is 308 g/mol. The van der Waals surface area contributed by atoms with Crippen LogP contribution in [0.25, 0.3) is 21.8 Å². The zero-order chi connectivity index (χ0) is 15.8. The number of hydrogen-bond donors (Lipinski definition) is 1. The van der Waals surface area contributed by atoms with Crippen molar-refractivity contribution in [2.75, 3.05) is 7.11 Å². The van der Waals surface area contributed by atoms with Gasteiger partial charge in [0.05, 0.1) is 18.8 Å². The van der Waals surface area contributed by atoms with Gasteiger partial charge in [-0.3, -0.25) is 0 Å². The van der Waals surface area contributed by atoms with E-state index in [9.17, 15) is 4.79 Å². The fraction of sp³-hybridized carbons (Fsp3) is 0.368. The number of aromatic amines is 1. The van der Waals surface area contributed by atoms with Gasteiger partial charge >= 0.3 is 5.97 Å². The minimum Gasteiger partial charge on any atom is -0.464 e. The Hall–Kier alpha value is -2.36. The summed E-state index contributed by atoms with van der Waals surface area (Å²) in [4.78, 5) is 20.2. The molecule has 0 amide bonds. The average Bonchev–Trinajstić information content (AvgIpc) is 2.99. The summed E-state index contributed by atoms with van der Waals surface area (Å²) in [6, 6.07) is 8.24. The highest BCUT2D eigenvalue weighted by atomic mass is 16.5. The third-order valence-electron chi connectivity index (χ3n) is 4.97. The largest absolute Gasteiger partial charge is 0.464 e. The SMILES string of the molecule is COC(=O)c1ncc2[nH]c3ccccc3c2c1C1CCCCC1. The first-order chi connectivity index (χ1) is 11.3. The van der Waals surface area contributed by atoms with Gasteiger partial charge in [-0.25, -0.2) is 9.78 Å². The highest BCUT2D eigenvalue weighted by molar-refractivity contribution is 6.11. The van der Waals surface area contributed by atoms with Crippen molar-refractivity contribution in [1.29, 1.82) is 0 Å². The molecule has 0 aliphatic heterocycles. The standard InChI is InChI=1S/C19H20N2O2/c1-23-19(22)18-16(12-7-3-2-4-8-12)17-13-9-5-6-10-14(13)21-15(17)11-20-18/h5-6,9-12,21H,2-4,7-8H2,1H3. The number of aromatic nitrogens is 2. The van der Waals surface area contributed by atoms with Gasteiger partial charge in [0.2, 0.25) is 0 Å². The number of pyridine rings is 1. The number of methoxy groups -OCH3 is 1. The number of H-pyrrole nitrogens is 1. The number of ether oxygens (including phenoxy) is 1. The predicted octanol–water partition coefficient (Wildman–Crippen LogP) is 4.55. The second-order valence-electron chi connectivity index (χ2n) is 6.31. The van der Waals surface area contributed by atoms with E-state index in [0.29, 0.717) is 11.6 Å². The van der Waals surface area contributed by atoms with Crippen LogP contribution in [0.3, 0.4) is 0 Å². The Kier molecular flexibility index (Phi) is 3.52. The minimum absolute atomic E-state index is 0.335. The highest BCUT2D eigenvalue weighted by Crippen LogP contribution is 2.40. The van der Waals surface area contributed by atoms with E-state index in [-0.39, 0.29) is 5.97 Å². The molecule has 1 aromatic carbocycles. The van der Waals surface area contributed by atoms with Gasteiger partial charge in [0.1, 0.15) is 0 Å². The molecule has 0 radical (unpaired) electrons. The Labute approximate surface area is 134 Å². The fourth-order valence-electron chi connectivity index (χ4n) is 3.91. The van der Waals surface area contributed by atoms with Crippen molar-refractivity contribution in [3.63, 3.8) is 0 Å². The third kappa shape index (κ3) is 2.29. The molecule has 0 spiro atoms. The molecule has 118 valence electrons. The predicted molar refractivity (Wildman–Crippen MR) is 90.8 cm³/mol. The van der Waals surface area contributed by atoms with E-state index in [1.807, 2.05) is 12.1 Å². The normalized spacial score (nSPS) is 16.0. The highest BCUT2D eigenvalue weighted by Gasteiger charge is 2.27. The number of nitrogens with zero attached hydrogens (tertiary/aromatic N) is 1. The van der Waals surface area contributed by atoms with Crippen LogP contribution in [0, 0.1) is 0 Å². The van der Waals surface area contributed by atoms with Crippen molar-refractivity contribution < 1.29 is 9.53 Å². The van der Waals surface area contributed by atoms with Crippen molar-refractivity contribution in [3.05, 3.63) is 41.7 Å². The van der Waals surface area contributed by atoms with E-state index >= 15 is 0 Å². The van der Waals surface area contributed by atoms with Crippen LogP contribution < -0.4 is 0 Å². The molecule has 1 aliphatic rings. The number of fused-ring (bicyclic) bond motifs is 3. The zero-order valence-electron chi connectivity index (χ0n) is 13.3. The monoisotopic (exact) mass is 308 g/mol. The number of nitrogens with one attached hydrogen (secondary N) is 1. The molecule has 1 saturated carbocycles. The molecular formula is C19H20N2O2. The van der Waals surface area contributed by atoms with Crippen LogP contribution in [0.4, 0.5) is 0 Å². The van der Waals surface area contributed by atoms with Crippen molar-refractivity contribution in [1.82, 2.24) is 9.97 Å². The lowest BCUT2D eigenvalue weighted by atomic mass is 9.81. The molecule has 4 nitrogen and oxygen atoms in total. The topological polar surface area (TPSA) is 55.0 Å². The van der Waals surface area contributed by atoms with Gasteiger partial charge in [-0.1, -0.05) is 37.5 Å². The Morgan fingerprint density at radius 2 is 1.96 bits per heavy atom. The van der Waals surface area contributed by atoms with E-state index in [4.69, 9.17) is 4.74 Å². The van der Waals surface area contributed by atoms with Gasteiger partial charge < -0.3 is 9.72 Å². The molecule has 0 saturated heterocycles. The molecule has 2 heterocycles. The van der Waals surface area contributed by atoms with Crippen molar-refractivity contribution in [2.45, 2.75) is 38.0 Å². The number of carbonyl (C=O) groups is 1. The summed E-state index contributed by atoms with van der Waals surface area (Å²) < 4.78 is 4.99. The molecule has 1 aliphatic carbocycles. The first-order valence-electron chi connectivity index (χ1n) is 8.27. The number of carbonyl (C=O) groups excluding carboxylic acids is 1. The summed E-state index contributed by atoms with van der Waals surface area (Å²) >= 11 is 0. The molecule has 1 fully saturated rings. The zero-order valence-corrected chi connectivity index (χ0v) is 13.3. The first kappa shape index (κ1) is 14.2. The molecular weight excluding hydrogens is 288 g/mol. The van der Waals surface area contributed by atoms with Crippen molar-refractivity contribution in [3.8, 4) is 0 Å². The molecule has 1 N–H and O–H groups in total. The number of hydrogen-bond acceptors (Lipinski definition) is 3. The van der Waals surface area contributed by atoms with Crippen LogP contribution in [0.5, 0.6) is 0 Å². The molecule has 4 heteroatoms. The minimum atomic E-state index is -0.335. The second-order valence-corrected chi connectivity index (χ2v) is 6.31. The van der Waals surface area contributed by atoms with E-state index in [1.165, 1.54) is 26.4 Å². The Bertz CT molecular complexity index is 876. The molecule has 0 bridgehead atoms. The van der Waals surface area contributed by atoms with E-state index < -0.39 is 0 Å². The summed E-state index contributed by atoms with van der Waals surface area (Å²) in [6.07, 6.45) is 7.69. The summed E-state index contributed by atoms with van der Waals surface area (Å²) in [5.74, 6) is 0.0472. The quantitative estimate of drug-likeness (QED) is 0.707. The maximum Gasteiger partial charge on any atom is 0.356 e. The maximum atomic E-state index is 12.3. The molecule has 0 atom stereocenters. The lowest BCUT2D eigenvalue weighted by Gasteiger charge is -2.24. The Morgan fingerprint density at radius 3 is 2.74 bits per heavy atom. The van der Waals surface area contributed by atoms with Gasteiger partial charge in [0.15, 0.2) is 5.69 Å². The van der Waals surface area contributed by atoms with Gasteiger partial charge in [0, 0.05) is 16.3 Å². The number of esters is 1. The van der Waals surface area contributed by atoms with Gasteiger partial charge in [0.25, 0.3) is 0 Å². The smallest absolute Gasteiger partial charge is 0.356 e. The van der Waals surface area contributed by atoms with Crippen LogP contribution in [0.2, 0.25) is 0 Å². The fourth-order valence-corrected chi connectivity index (χ4v) is 3.91. The second kappa shape index (κ2) is 5.69. The van der Waals surface area contributed by atoms with E-state index in [1.54, 1.807) is 6.20 Å². The summed E-state index contributed by atoms with van der Waals surface area (Å²) in [5.41, 5.74) is 3.64. The van der Waals surface area contributed by atoms with Crippen LogP contribution in [-0.4, -0.2) is 23.0 Å². The van der Waals surface area contributed by atoms with Crippen LogP contribution >= 0.6 is 0 Å². The molecule has 23 heavy (non-hydrogen) atoms. The molecule has 2 aromatic heterocycles. The summed E-state index contributed by atoms with van der Waals surface area (Å²) in [6.45, 7) is 0. The lowest BCUT2D eigenvalue weighted by Crippen LogP contribution is -2.14. The van der Waals surface area contributed by atoms with Crippen molar-refractivity contribution in [2.24, 2.45) is 0 Å². The molecule has 3 aromatic rings.